The average molecular weight is 639 g/mol. The van der Waals surface area contributed by atoms with Crippen molar-refractivity contribution in [1.82, 2.24) is 14.8 Å². The lowest BCUT2D eigenvalue weighted by atomic mass is 9.84. The van der Waals surface area contributed by atoms with Crippen molar-refractivity contribution in [2.45, 2.75) is 63.6 Å². The standard InChI is InChI=1S/C42H46N4O2/c1-2-46-39-20-19-32(26-36(39)37-28-44(24-22-40(37)46)27-30-12-5-3-6-13-30)33-17-11-23-45(42(47)48-29-31-14-7-4-8-15-31)25-21-35-34-16-9-10-18-38(34)43-41(33)35/h3-10,12-16,18-20,26,33,37,40,43H,2,11,17,21-25,27-29H2,1H3. The predicted molar refractivity (Wildman–Crippen MR) is 194 cm³/mol. The number of hydrogen-bond acceptors (Lipinski definition) is 4. The molecule has 3 aliphatic rings. The Labute approximate surface area is 284 Å². The molecule has 3 aliphatic heterocycles. The lowest BCUT2D eigenvalue weighted by Crippen LogP contribution is -2.45. The van der Waals surface area contributed by atoms with Gasteiger partial charge in [0.1, 0.15) is 6.61 Å². The lowest BCUT2D eigenvalue weighted by molar-refractivity contribution is 0.0960. The van der Waals surface area contributed by atoms with E-state index in [1.54, 1.807) is 0 Å². The van der Waals surface area contributed by atoms with Crippen LogP contribution in [0.1, 0.15) is 71.5 Å². The van der Waals surface area contributed by atoms with E-state index < -0.39 is 0 Å². The molecule has 6 nitrogen and oxygen atoms in total. The number of para-hydroxylation sites is 1. The highest BCUT2D eigenvalue weighted by Crippen LogP contribution is 2.47. The highest BCUT2D eigenvalue weighted by Gasteiger charge is 2.41. The molecule has 48 heavy (non-hydrogen) atoms. The maximum absolute atomic E-state index is 13.4. The number of likely N-dealkylation sites (tertiary alicyclic amines) is 1. The van der Waals surface area contributed by atoms with Crippen LogP contribution in [0.3, 0.4) is 0 Å². The van der Waals surface area contributed by atoms with E-state index in [1.165, 1.54) is 51.0 Å². The molecule has 4 heterocycles. The summed E-state index contributed by atoms with van der Waals surface area (Å²) >= 11 is 0. The molecule has 0 bridgehead atoms. The summed E-state index contributed by atoms with van der Waals surface area (Å²) in [6.45, 7) is 8.22. The molecule has 0 saturated carbocycles. The van der Waals surface area contributed by atoms with Gasteiger partial charge < -0.3 is 19.5 Å². The summed E-state index contributed by atoms with van der Waals surface area (Å²) in [6.07, 6.45) is 3.65. The van der Waals surface area contributed by atoms with Gasteiger partial charge in [-0.15, -0.1) is 0 Å². The van der Waals surface area contributed by atoms with Crippen molar-refractivity contribution < 1.29 is 9.53 Å². The van der Waals surface area contributed by atoms with E-state index in [9.17, 15) is 4.79 Å². The van der Waals surface area contributed by atoms with Gasteiger partial charge in [0.15, 0.2) is 0 Å². The second kappa shape index (κ2) is 13.5. The molecule has 5 aromatic rings. The van der Waals surface area contributed by atoms with E-state index in [0.717, 1.165) is 51.0 Å². The van der Waals surface area contributed by atoms with Crippen LogP contribution in [0, 0.1) is 0 Å². The maximum atomic E-state index is 13.4. The first-order valence-electron chi connectivity index (χ1n) is 17.9. The Balaban J connectivity index is 1.09. The number of ether oxygens (including phenoxy) is 1. The van der Waals surface area contributed by atoms with E-state index in [1.807, 2.05) is 35.2 Å². The van der Waals surface area contributed by atoms with Gasteiger partial charge in [0.2, 0.25) is 0 Å². The molecule has 0 spiro atoms. The van der Waals surface area contributed by atoms with E-state index in [-0.39, 0.29) is 12.0 Å². The van der Waals surface area contributed by atoms with E-state index in [0.29, 0.717) is 31.7 Å². The van der Waals surface area contributed by atoms with E-state index >= 15 is 0 Å². The third kappa shape index (κ3) is 5.99. The van der Waals surface area contributed by atoms with Crippen LogP contribution in [0.5, 0.6) is 0 Å². The number of benzene rings is 4. The largest absolute Gasteiger partial charge is 0.445 e. The van der Waals surface area contributed by atoms with Crippen LogP contribution in [0.25, 0.3) is 10.9 Å². The number of aromatic amines is 1. The Bertz CT molecular complexity index is 1870. The van der Waals surface area contributed by atoms with E-state index in [4.69, 9.17) is 4.74 Å². The quantitative estimate of drug-likeness (QED) is 0.203. The number of rotatable bonds is 6. The van der Waals surface area contributed by atoms with Crippen molar-refractivity contribution in [3.05, 3.63) is 137 Å². The highest BCUT2D eigenvalue weighted by atomic mass is 16.6. The number of carbonyl (C=O) groups excluding carboxylic acids is 1. The zero-order valence-electron chi connectivity index (χ0n) is 28.0. The van der Waals surface area contributed by atoms with Crippen molar-refractivity contribution in [1.29, 1.82) is 0 Å². The number of hydrogen-bond donors (Lipinski definition) is 1. The van der Waals surface area contributed by atoms with Crippen LogP contribution in [-0.2, 0) is 24.3 Å². The summed E-state index contributed by atoms with van der Waals surface area (Å²) in [4.78, 5) is 24.5. The third-order valence-corrected chi connectivity index (χ3v) is 11.0. The molecule has 3 atom stereocenters. The monoisotopic (exact) mass is 638 g/mol. The van der Waals surface area contributed by atoms with Gasteiger partial charge in [-0.05, 0) is 72.6 Å². The van der Waals surface area contributed by atoms with Gasteiger partial charge in [-0.3, -0.25) is 4.90 Å². The minimum Gasteiger partial charge on any atom is -0.445 e. The van der Waals surface area contributed by atoms with Crippen LogP contribution >= 0.6 is 0 Å². The number of anilines is 1. The molecule has 1 N–H and O–H groups in total. The minimum absolute atomic E-state index is 0.223. The van der Waals surface area contributed by atoms with Crippen LogP contribution in [0.2, 0.25) is 0 Å². The molecule has 6 heteroatoms. The molecule has 4 aromatic carbocycles. The number of nitrogens with zero attached hydrogens (tertiary/aromatic N) is 3. The number of fused-ring (bicyclic) bond motifs is 6. The summed E-state index contributed by atoms with van der Waals surface area (Å²) in [5, 5.41) is 1.26. The Morgan fingerprint density at radius 1 is 0.854 bits per heavy atom. The molecule has 1 aromatic heterocycles. The molecule has 246 valence electrons. The topological polar surface area (TPSA) is 51.8 Å². The third-order valence-electron chi connectivity index (χ3n) is 11.0. The number of nitrogens with one attached hydrogen (secondary N) is 1. The number of amides is 1. The van der Waals surface area contributed by atoms with Gasteiger partial charge in [-0.2, -0.15) is 0 Å². The summed E-state index contributed by atoms with van der Waals surface area (Å²) in [7, 11) is 0. The van der Waals surface area contributed by atoms with Crippen LogP contribution in [-0.4, -0.2) is 59.6 Å². The van der Waals surface area contributed by atoms with E-state index in [2.05, 4.69) is 94.5 Å². The zero-order chi connectivity index (χ0) is 32.5. The molecule has 1 amide bonds. The first-order chi connectivity index (χ1) is 23.7. The highest BCUT2D eigenvalue weighted by molar-refractivity contribution is 5.85. The second-order valence-electron chi connectivity index (χ2n) is 13.8. The first-order valence-corrected chi connectivity index (χ1v) is 17.9. The summed E-state index contributed by atoms with van der Waals surface area (Å²) in [6, 6.07) is 37.4. The smallest absolute Gasteiger partial charge is 0.410 e. The normalized spacial score (nSPS) is 21.1. The predicted octanol–water partition coefficient (Wildman–Crippen LogP) is 8.47. The summed E-state index contributed by atoms with van der Waals surface area (Å²) < 4.78 is 5.81. The average Bonchev–Trinajstić information content (AvgIpc) is 3.67. The number of carbonyl (C=O) groups is 1. The molecule has 3 unspecified atom stereocenters. The summed E-state index contributed by atoms with van der Waals surface area (Å²) in [5.41, 5.74) is 10.5. The maximum Gasteiger partial charge on any atom is 0.410 e. The molecule has 8 rings (SSSR count). The van der Waals surface area contributed by atoms with Gasteiger partial charge in [0.05, 0.1) is 0 Å². The van der Waals surface area contributed by atoms with Crippen LogP contribution in [0.15, 0.2) is 103 Å². The van der Waals surface area contributed by atoms with Crippen molar-refractivity contribution in [3.8, 4) is 0 Å². The van der Waals surface area contributed by atoms with Crippen molar-refractivity contribution in [2.75, 3.05) is 37.6 Å². The lowest BCUT2D eigenvalue weighted by Gasteiger charge is -2.38. The Morgan fingerprint density at radius 2 is 1.62 bits per heavy atom. The first kappa shape index (κ1) is 30.8. The molecular weight excluding hydrogens is 592 g/mol. The second-order valence-corrected chi connectivity index (χ2v) is 13.8. The fraction of sp³-hybridized carbons (Fsp3) is 0.357. The Morgan fingerprint density at radius 3 is 2.44 bits per heavy atom. The van der Waals surface area contributed by atoms with Crippen LogP contribution < -0.4 is 4.90 Å². The van der Waals surface area contributed by atoms with Crippen molar-refractivity contribution in [3.63, 3.8) is 0 Å². The number of likely N-dealkylation sites (N-methyl/N-ethyl adjacent to an activating group) is 1. The Kier molecular flexibility index (Phi) is 8.66. The molecule has 0 aliphatic carbocycles. The van der Waals surface area contributed by atoms with Gasteiger partial charge >= 0.3 is 6.09 Å². The number of piperidine rings is 1. The van der Waals surface area contributed by atoms with Gasteiger partial charge in [0, 0.05) is 79.4 Å². The fourth-order valence-electron chi connectivity index (χ4n) is 8.71. The molecule has 1 fully saturated rings. The molecule has 1 saturated heterocycles. The SMILES string of the molecule is CCN1c2ccc(C3CCCN(C(=O)OCc4ccccc4)CCc4c3[nH]c3ccccc43)cc2C2CN(Cc3ccccc3)CCC21. The van der Waals surface area contributed by atoms with Gasteiger partial charge in [-0.25, -0.2) is 4.79 Å². The minimum atomic E-state index is -0.223. The number of H-pyrrole nitrogens is 1. The van der Waals surface area contributed by atoms with Gasteiger partial charge in [0.25, 0.3) is 0 Å². The molecule has 0 radical (unpaired) electrons. The van der Waals surface area contributed by atoms with Crippen LogP contribution in [0.4, 0.5) is 10.5 Å². The Hall–Kier alpha value is -4.55. The zero-order valence-corrected chi connectivity index (χ0v) is 28.0. The molecular formula is C42H46N4O2. The summed E-state index contributed by atoms with van der Waals surface area (Å²) in [5.74, 6) is 0.738. The van der Waals surface area contributed by atoms with Gasteiger partial charge in [-0.1, -0.05) is 91.0 Å². The number of aromatic nitrogens is 1. The van der Waals surface area contributed by atoms with Crippen molar-refractivity contribution in [2.24, 2.45) is 0 Å². The fourth-order valence-corrected chi connectivity index (χ4v) is 8.71. The van der Waals surface area contributed by atoms with Crippen molar-refractivity contribution >= 4 is 22.7 Å².